The summed E-state index contributed by atoms with van der Waals surface area (Å²) in [6, 6.07) is 14.0. The van der Waals surface area contributed by atoms with Crippen molar-refractivity contribution in [3.05, 3.63) is 65.2 Å². The molecule has 0 bridgehead atoms. The van der Waals surface area contributed by atoms with Crippen molar-refractivity contribution in [3.8, 4) is 0 Å². The lowest BCUT2D eigenvalue weighted by atomic mass is 10.1. The lowest BCUT2D eigenvalue weighted by Gasteiger charge is -2.33. The molecule has 0 fully saturated rings. The van der Waals surface area contributed by atoms with Crippen molar-refractivity contribution in [2.24, 2.45) is 0 Å². The normalized spacial score (nSPS) is 12.3. The van der Waals surface area contributed by atoms with Gasteiger partial charge in [0.15, 0.2) is 0 Å². The summed E-state index contributed by atoms with van der Waals surface area (Å²) in [6.07, 6.45) is 0.770. The molecule has 0 aliphatic heterocycles. The topological polar surface area (TPSA) is 90.0 Å². The van der Waals surface area contributed by atoms with E-state index in [9.17, 15) is 18.0 Å². The summed E-state index contributed by atoms with van der Waals surface area (Å²) in [4.78, 5) is 27.8. The summed E-state index contributed by atoms with van der Waals surface area (Å²) in [5.74, 6) is -0.741. The van der Waals surface area contributed by atoms with E-state index in [0.29, 0.717) is 12.2 Å². The zero-order chi connectivity index (χ0) is 25.5. The van der Waals surface area contributed by atoms with Crippen LogP contribution in [-0.2, 0) is 26.3 Å². The monoisotopic (exact) mass is 488 g/mol. The molecule has 2 aromatic rings. The van der Waals surface area contributed by atoms with Crippen molar-refractivity contribution in [2.75, 3.05) is 31.5 Å². The highest BCUT2D eigenvalue weighted by atomic mass is 32.2. The predicted molar refractivity (Wildman–Crippen MR) is 136 cm³/mol. The molecule has 0 heterocycles. The summed E-state index contributed by atoms with van der Waals surface area (Å²) >= 11 is 0. The number of aryl methyl sites for hydroxylation is 2. The third-order valence-corrected chi connectivity index (χ3v) is 7.37. The minimum absolute atomic E-state index is 0.184. The maximum atomic E-state index is 13.6. The molecule has 2 aromatic carbocycles. The Morgan fingerprint density at radius 2 is 1.68 bits per heavy atom. The number of rotatable bonds is 11. The van der Waals surface area contributed by atoms with Crippen molar-refractivity contribution >= 4 is 27.7 Å². The van der Waals surface area contributed by atoms with Gasteiger partial charge in [-0.1, -0.05) is 49.4 Å². The molecule has 0 radical (unpaired) electrons. The molecule has 0 aliphatic rings. The van der Waals surface area contributed by atoms with Crippen LogP contribution in [0.25, 0.3) is 0 Å². The Labute approximate surface area is 203 Å². The highest BCUT2D eigenvalue weighted by Gasteiger charge is 2.33. The van der Waals surface area contributed by atoms with Crippen molar-refractivity contribution < 1.29 is 18.0 Å². The van der Waals surface area contributed by atoms with Gasteiger partial charge in [-0.05, 0) is 49.9 Å². The molecule has 0 aliphatic carbocycles. The maximum absolute atomic E-state index is 13.6. The SMILES string of the molecule is CCCNC(=O)[C@H](C)N(Cc1ccccc1)C(=O)CN(c1cc(C)ccc1C)S(=O)(=O)N(C)C. The average Bonchev–Trinajstić information content (AvgIpc) is 2.80. The van der Waals surface area contributed by atoms with Crippen LogP contribution in [-0.4, -0.2) is 62.7 Å². The summed E-state index contributed by atoms with van der Waals surface area (Å²) in [6.45, 7) is 7.54. The highest BCUT2D eigenvalue weighted by molar-refractivity contribution is 7.90. The van der Waals surface area contributed by atoms with E-state index >= 15 is 0 Å². The fraction of sp³-hybridized carbons (Fsp3) is 0.440. The molecule has 0 aromatic heterocycles. The predicted octanol–water partition coefficient (Wildman–Crippen LogP) is 2.86. The highest BCUT2D eigenvalue weighted by Crippen LogP contribution is 2.26. The second kappa shape index (κ2) is 12.0. The van der Waals surface area contributed by atoms with E-state index in [4.69, 9.17) is 0 Å². The van der Waals surface area contributed by atoms with Gasteiger partial charge in [-0.2, -0.15) is 12.7 Å². The van der Waals surface area contributed by atoms with E-state index in [-0.39, 0.29) is 12.5 Å². The van der Waals surface area contributed by atoms with Crippen LogP contribution in [0.4, 0.5) is 5.69 Å². The van der Waals surface area contributed by atoms with Gasteiger partial charge in [0.05, 0.1) is 5.69 Å². The van der Waals surface area contributed by atoms with Crippen LogP contribution in [0.1, 0.15) is 37.0 Å². The first-order chi connectivity index (χ1) is 16.0. The van der Waals surface area contributed by atoms with Gasteiger partial charge < -0.3 is 10.2 Å². The number of carbonyl (C=O) groups excluding carboxylic acids is 2. The molecule has 186 valence electrons. The van der Waals surface area contributed by atoms with Crippen LogP contribution < -0.4 is 9.62 Å². The Morgan fingerprint density at radius 3 is 2.26 bits per heavy atom. The van der Waals surface area contributed by atoms with E-state index in [1.165, 1.54) is 19.0 Å². The summed E-state index contributed by atoms with van der Waals surface area (Å²) < 4.78 is 28.7. The second-order valence-electron chi connectivity index (χ2n) is 8.56. The summed E-state index contributed by atoms with van der Waals surface area (Å²) in [5, 5.41) is 2.83. The van der Waals surface area contributed by atoms with Crippen LogP contribution in [0.5, 0.6) is 0 Å². The molecule has 0 spiro atoms. The molecule has 34 heavy (non-hydrogen) atoms. The molecular formula is C25H36N4O4S. The summed E-state index contributed by atoms with van der Waals surface area (Å²) in [7, 11) is -1.11. The van der Waals surface area contributed by atoms with Crippen LogP contribution >= 0.6 is 0 Å². The number of anilines is 1. The Hall–Kier alpha value is -2.91. The van der Waals surface area contributed by atoms with Gasteiger partial charge in [0.1, 0.15) is 12.6 Å². The van der Waals surface area contributed by atoms with Crippen molar-refractivity contribution in [1.29, 1.82) is 0 Å². The average molecular weight is 489 g/mol. The number of hydrogen-bond donors (Lipinski definition) is 1. The molecule has 1 N–H and O–H groups in total. The lowest BCUT2D eigenvalue weighted by Crippen LogP contribution is -2.52. The first kappa shape index (κ1) is 27.3. The van der Waals surface area contributed by atoms with E-state index in [1.54, 1.807) is 19.9 Å². The van der Waals surface area contributed by atoms with Crippen LogP contribution in [0, 0.1) is 13.8 Å². The standard InChI is InChI=1S/C25H36N4O4S/c1-7-15-26-25(31)21(4)28(17-22-11-9-8-10-12-22)24(30)18-29(34(32,33)27(5)6)23-16-19(2)13-14-20(23)3/h8-14,16,21H,7,15,17-18H2,1-6H3,(H,26,31)/t21-/m0/s1. The number of hydrogen-bond acceptors (Lipinski definition) is 4. The van der Waals surface area contributed by atoms with Gasteiger partial charge in [0, 0.05) is 27.2 Å². The van der Waals surface area contributed by atoms with Crippen LogP contribution in [0.15, 0.2) is 48.5 Å². The first-order valence-electron chi connectivity index (χ1n) is 11.4. The van der Waals surface area contributed by atoms with Gasteiger partial charge in [0.2, 0.25) is 11.8 Å². The Kier molecular flexibility index (Phi) is 9.64. The molecule has 0 saturated carbocycles. The fourth-order valence-corrected chi connectivity index (χ4v) is 4.56. The number of carbonyl (C=O) groups is 2. The largest absolute Gasteiger partial charge is 0.354 e. The number of nitrogens with one attached hydrogen (secondary N) is 1. The van der Waals surface area contributed by atoms with Gasteiger partial charge in [-0.3, -0.25) is 9.59 Å². The molecule has 1 atom stereocenters. The van der Waals surface area contributed by atoms with Crippen LogP contribution in [0.2, 0.25) is 0 Å². The van der Waals surface area contributed by atoms with E-state index in [0.717, 1.165) is 31.7 Å². The van der Waals surface area contributed by atoms with Crippen molar-refractivity contribution in [2.45, 2.75) is 46.7 Å². The Bertz CT molecular complexity index is 1090. The molecule has 2 amide bonds. The number of benzene rings is 2. The minimum atomic E-state index is -3.97. The molecule has 0 unspecified atom stereocenters. The Balaban J connectivity index is 2.47. The smallest absolute Gasteiger partial charge is 0.304 e. The minimum Gasteiger partial charge on any atom is -0.354 e. The third kappa shape index (κ3) is 6.80. The molecular weight excluding hydrogens is 452 g/mol. The molecule has 9 heteroatoms. The van der Waals surface area contributed by atoms with Crippen molar-refractivity contribution in [3.63, 3.8) is 0 Å². The Morgan fingerprint density at radius 1 is 1.03 bits per heavy atom. The van der Waals surface area contributed by atoms with Gasteiger partial charge in [-0.25, -0.2) is 4.31 Å². The number of nitrogens with zero attached hydrogens (tertiary/aromatic N) is 3. The number of amides is 2. The van der Waals surface area contributed by atoms with Crippen molar-refractivity contribution in [1.82, 2.24) is 14.5 Å². The third-order valence-electron chi connectivity index (χ3n) is 5.56. The lowest BCUT2D eigenvalue weighted by molar-refractivity contribution is -0.139. The van der Waals surface area contributed by atoms with Crippen LogP contribution in [0.3, 0.4) is 0 Å². The van der Waals surface area contributed by atoms with Gasteiger partial charge >= 0.3 is 10.2 Å². The fourth-order valence-electron chi connectivity index (χ4n) is 3.45. The molecule has 8 nitrogen and oxygen atoms in total. The first-order valence-corrected chi connectivity index (χ1v) is 12.8. The maximum Gasteiger partial charge on any atom is 0.304 e. The second-order valence-corrected chi connectivity index (χ2v) is 10.6. The van der Waals surface area contributed by atoms with E-state index < -0.39 is 28.7 Å². The van der Waals surface area contributed by atoms with Gasteiger partial charge in [-0.15, -0.1) is 0 Å². The zero-order valence-electron chi connectivity index (χ0n) is 20.9. The summed E-state index contributed by atoms with van der Waals surface area (Å²) in [5.41, 5.74) is 2.89. The molecule has 2 rings (SSSR count). The van der Waals surface area contributed by atoms with E-state index in [2.05, 4.69) is 5.32 Å². The zero-order valence-corrected chi connectivity index (χ0v) is 21.7. The quantitative estimate of drug-likeness (QED) is 0.527. The van der Waals surface area contributed by atoms with E-state index in [1.807, 2.05) is 56.3 Å². The molecule has 0 saturated heterocycles. The van der Waals surface area contributed by atoms with Gasteiger partial charge in [0.25, 0.3) is 0 Å².